The predicted octanol–water partition coefficient (Wildman–Crippen LogP) is 1.83. The van der Waals surface area contributed by atoms with E-state index in [2.05, 4.69) is 15.2 Å². The van der Waals surface area contributed by atoms with E-state index in [0.717, 1.165) is 57.4 Å². The summed E-state index contributed by atoms with van der Waals surface area (Å²) in [6.07, 6.45) is 3.54. The highest BCUT2D eigenvalue weighted by Crippen LogP contribution is 2.16. The highest BCUT2D eigenvalue weighted by molar-refractivity contribution is 14.0. The van der Waals surface area contributed by atoms with E-state index in [0.29, 0.717) is 5.92 Å². The smallest absolute Gasteiger partial charge is 0.243 e. The summed E-state index contributed by atoms with van der Waals surface area (Å²) in [5.41, 5.74) is 0. The first kappa shape index (κ1) is 22.8. The number of nitrogens with one attached hydrogen (secondary N) is 1. The minimum atomic E-state index is -0.00426. The van der Waals surface area contributed by atoms with Crippen molar-refractivity contribution in [3.63, 3.8) is 0 Å². The zero-order valence-electron chi connectivity index (χ0n) is 15.9. The van der Waals surface area contributed by atoms with Crippen molar-refractivity contribution in [2.45, 2.75) is 19.8 Å². The van der Waals surface area contributed by atoms with Gasteiger partial charge in [0, 0.05) is 52.7 Å². The first-order valence-corrected chi connectivity index (χ1v) is 8.93. The van der Waals surface area contributed by atoms with E-state index in [-0.39, 0.29) is 36.4 Å². The van der Waals surface area contributed by atoms with Crippen LogP contribution in [-0.2, 0) is 16.0 Å². The second kappa shape index (κ2) is 12.2. The van der Waals surface area contributed by atoms with Crippen LogP contribution in [0.25, 0.3) is 0 Å². The number of guanidine groups is 1. The fourth-order valence-electron chi connectivity index (χ4n) is 2.75. The lowest BCUT2D eigenvalue weighted by Crippen LogP contribution is -2.42. The van der Waals surface area contributed by atoms with Crippen LogP contribution >= 0.6 is 24.0 Å². The van der Waals surface area contributed by atoms with Crippen molar-refractivity contribution in [1.82, 2.24) is 15.1 Å². The van der Waals surface area contributed by atoms with Crippen LogP contribution in [0, 0.1) is 5.92 Å². The Morgan fingerprint density at radius 3 is 2.96 bits per heavy atom. The van der Waals surface area contributed by atoms with E-state index >= 15 is 0 Å². The lowest BCUT2D eigenvalue weighted by Gasteiger charge is -2.22. The molecule has 1 aromatic rings. The van der Waals surface area contributed by atoms with E-state index in [1.807, 2.05) is 19.1 Å². The van der Waals surface area contributed by atoms with Gasteiger partial charge in [0.15, 0.2) is 5.96 Å². The number of halogens is 1. The summed E-state index contributed by atoms with van der Waals surface area (Å²) in [4.78, 5) is 20.2. The molecule has 0 aromatic carbocycles. The van der Waals surface area contributed by atoms with Gasteiger partial charge in [-0.1, -0.05) is 0 Å². The molecular weight excluding hydrogens is 447 g/mol. The molecule has 1 fully saturated rings. The first-order valence-electron chi connectivity index (χ1n) is 8.93. The van der Waals surface area contributed by atoms with Crippen LogP contribution < -0.4 is 5.32 Å². The van der Waals surface area contributed by atoms with Crippen molar-refractivity contribution >= 4 is 35.8 Å². The van der Waals surface area contributed by atoms with E-state index in [9.17, 15) is 4.79 Å². The maximum absolute atomic E-state index is 11.9. The second-order valence-corrected chi connectivity index (χ2v) is 6.44. The zero-order chi connectivity index (χ0) is 18.1. The van der Waals surface area contributed by atoms with Crippen LogP contribution in [0.5, 0.6) is 0 Å². The molecule has 2 rings (SSSR count). The second-order valence-electron chi connectivity index (χ2n) is 6.44. The molecule has 0 radical (unpaired) electrons. The molecule has 1 N–H and O–H groups in total. The average molecular weight is 478 g/mol. The van der Waals surface area contributed by atoms with Gasteiger partial charge in [-0.15, -0.1) is 24.0 Å². The molecule has 0 aliphatic carbocycles. The lowest BCUT2D eigenvalue weighted by atomic mass is 10.1. The Morgan fingerprint density at radius 2 is 2.31 bits per heavy atom. The molecule has 8 heteroatoms. The Labute approximate surface area is 173 Å². The van der Waals surface area contributed by atoms with Crippen LogP contribution in [0.2, 0.25) is 0 Å². The number of hydrogen-bond acceptors (Lipinski definition) is 4. The maximum atomic E-state index is 11.9. The topological polar surface area (TPSA) is 70.3 Å². The number of likely N-dealkylation sites (N-methyl/N-ethyl adjacent to an activating group) is 1. The minimum absolute atomic E-state index is 0. The fourth-order valence-corrected chi connectivity index (χ4v) is 2.75. The van der Waals surface area contributed by atoms with Crippen molar-refractivity contribution in [3.8, 4) is 0 Å². The molecular formula is C18H31IN4O3. The largest absolute Gasteiger partial charge is 0.469 e. The van der Waals surface area contributed by atoms with E-state index in [4.69, 9.17) is 9.15 Å². The SMILES string of the molecule is CCOCC1CCN(C(=NCC(=O)N(C)C)NCCc2ccco2)C1.I. The summed E-state index contributed by atoms with van der Waals surface area (Å²) in [7, 11) is 3.49. The highest BCUT2D eigenvalue weighted by Gasteiger charge is 2.25. The molecule has 148 valence electrons. The Balaban J connectivity index is 0.00000338. The number of hydrogen-bond donors (Lipinski definition) is 1. The Hall–Kier alpha value is -1.29. The molecule has 2 heterocycles. The van der Waals surface area contributed by atoms with Crippen LogP contribution in [-0.4, -0.2) is 75.2 Å². The van der Waals surface area contributed by atoms with Crippen LogP contribution in [0.15, 0.2) is 27.8 Å². The van der Waals surface area contributed by atoms with Gasteiger partial charge < -0.3 is 24.3 Å². The highest BCUT2D eigenvalue weighted by atomic mass is 127. The van der Waals surface area contributed by atoms with Crippen molar-refractivity contribution in [1.29, 1.82) is 0 Å². The predicted molar refractivity (Wildman–Crippen MR) is 113 cm³/mol. The molecule has 1 aromatic heterocycles. The van der Waals surface area contributed by atoms with Crippen LogP contribution in [0.4, 0.5) is 0 Å². The number of amides is 1. The number of carbonyl (C=O) groups excluding carboxylic acids is 1. The third-order valence-electron chi connectivity index (χ3n) is 4.24. The number of carbonyl (C=O) groups is 1. The molecule has 0 bridgehead atoms. The van der Waals surface area contributed by atoms with Gasteiger partial charge in [0.25, 0.3) is 0 Å². The maximum Gasteiger partial charge on any atom is 0.243 e. The summed E-state index contributed by atoms with van der Waals surface area (Å²) >= 11 is 0. The Kier molecular flexibility index (Phi) is 10.6. The van der Waals surface area contributed by atoms with Gasteiger partial charge in [0.2, 0.25) is 5.91 Å². The first-order chi connectivity index (χ1) is 12.1. The lowest BCUT2D eigenvalue weighted by molar-refractivity contribution is -0.127. The normalized spacial score (nSPS) is 17.1. The monoisotopic (exact) mass is 478 g/mol. The average Bonchev–Trinajstić information content (AvgIpc) is 3.27. The minimum Gasteiger partial charge on any atom is -0.469 e. The zero-order valence-corrected chi connectivity index (χ0v) is 18.3. The van der Waals surface area contributed by atoms with Crippen molar-refractivity contribution in [2.24, 2.45) is 10.9 Å². The van der Waals surface area contributed by atoms with E-state index < -0.39 is 0 Å². The van der Waals surface area contributed by atoms with Crippen molar-refractivity contribution in [2.75, 3.05) is 53.5 Å². The Morgan fingerprint density at radius 1 is 1.50 bits per heavy atom. The number of furan rings is 1. The summed E-state index contributed by atoms with van der Waals surface area (Å²) < 4.78 is 10.9. The summed E-state index contributed by atoms with van der Waals surface area (Å²) in [6.45, 7) is 6.25. The summed E-state index contributed by atoms with van der Waals surface area (Å²) in [5, 5.41) is 3.38. The number of ether oxygens (including phenoxy) is 1. The van der Waals surface area contributed by atoms with Gasteiger partial charge in [-0.2, -0.15) is 0 Å². The molecule has 1 amide bonds. The molecule has 0 saturated carbocycles. The third-order valence-corrected chi connectivity index (χ3v) is 4.24. The summed E-state index contributed by atoms with van der Waals surface area (Å²) in [5.74, 6) is 2.24. The molecule has 1 unspecified atom stereocenters. The Bertz CT molecular complexity index is 549. The van der Waals surface area contributed by atoms with Crippen molar-refractivity contribution < 1.29 is 13.9 Å². The van der Waals surface area contributed by atoms with Gasteiger partial charge in [-0.05, 0) is 25.5 Å². The summed E-state index contributed by atoms with van der Waals surface area (Å²) in [6, 6.07) is 3.85. The standard InChI is InChI=1S/C18H30N4O3.HI/c1-4-24-14-15-8-10-22(13-15)18(20-12-17(23)21(2)3)19-9-7-16-6-5-11-25-16;/h5-6,11,15H,4,7-10,12-14H2,1-3H3,(H,19,20);1H. The van der Waals surface area contributed by atoms with Gasteiger partial charge in [0.05, 0.1) is 12.9 Å². The fraction of sp³-hybridized carbons (Fsp3) is 0.667. The quantitative estimate of drug-likeness (QED) is 0.351. The number of nitrogens with zero attached hydrogens (tertiary/aromatic N) is 3. The van der Waals surface area contributed by atoms with Crippen LogP contribution in [0.3, 0.4) is 0 Å². The molecule has 26 heavy (non-hydrogen) atoms. The van der Waals surface area contributed by atoms with Gasteiger partial charge >= 0.3 is 0 Å². The molecule has 1 aliphatic heterocycles. The molecule has 1 atom stereocenters. The van der Waals surface area contributed by atoms with Gasteiger partial charge in [-0.3, -0.25) is 4.79 Å². The number of likely N-dealkylation sites (tertiary alicyclic amines) is 1. The van der Waals surface area contributed by atoms with Crippen molar-refractivity contribution in [3.05, 3.63) is 24.2 Å². The number of rotatable bonds is 8. The molecule has 1 aliphatic rings. The van der Waals surface area contributed by atoms with Gasteiger partial charge in [0.1, 0.15) is 12.3 Å². The number of aliphatic imine (C=N–C) groups is 1. The molecule has 1 saturated heterocycles. The van der Waals surface area contributed by atoms with E-state index in [1.54, 1.807) is 25.3 Å². The van der Waals surface area contributed by atoms with Gasteiger partial charge in [-0.25, -0.2) is 4.99 Å². The molecule has 0 spiro atoms. The molecule has 7 nitrogen and oxygen atoms in total. The van der Waals surface area contributed by atoms with Crippen LogP contribution in [0.1, 0.15) is 19.1 Å². The van der Waals surface area contributed by atoms with E-state index in [1.165, 1.54) is 0 Å². The third kappa shape index (κ3) is 7.53.